The number of aliphatic hydroxyl groups excluding tert-OH is 1. The first-order valence-corrected chi connectivity index (χ1v) is 7.98. The Morgan fingerprint density at radius 1 is 1.46 bits per heavy atom. The molecule has 0 aliphatic heterocycles. The zero-order valence-electron chi connectivity index (χ0n) is 13.7. The monoisotopic (exact) mass is 340 g/mol. The van der Waals surface area contributed by atoms with Gasteiger partial charge in [-0.1, -0.05) is 37.1 Å². The first-order valence-electron chi connectivity index (χ1n) is 7.60. The highest BCUT2D eigenvalue weighted by molar-refractivity contribution is 6.31. The topological polar surface area (TPSA) is 76.9 Å². The summed E-state index contributed by atoms with van der Waals surface area (Å²) in [5, 5.41) is 19.8. The minimum atomic E-state index is -0.406. The quantitative estimate of drug-likeness (QED) is 0.809. The lowest BCUT2D eigenvalue weighted by Crippen LogP contribution is -2.29. The second-order valence-electron chi connectivity index (χ2n) is 6.50. The van der Waals surface area contributed by atoms with E-state index in [0.29, 0.717) is 16.2 Å². The number of Topliss-reactive ketones (excluding diaryl/α,β-unsaturated/α-hetero) is 1. The van der Waals surface area contributed by atoms with E-state index in [9.17, 15) is 9.90 Å². The maximum atomic E-state index is 13.1. The number of nitrogens with zero attached hydrogens (tertiary/aromatic N) is 1. The fourth-order valence-corrected chi connectivity index (χ4v) is 3.34. The molecule has 0 amide bonds. The van der Waals surface area contributed by atoms with Crippen LogP contribution in [0.3, 0.4) is 0 Å². The van der Waals surface area contributed by atoms with Crippen molar-refractivity contribution in [3.63, 3.8) is 0 Å². The first-order chi connectivity index (χ1) is 11.3. The van der Waals surface area contributed by atoms with Crippen molar-refractivity contribution in [3.8, 4) is 6.07 Å². The van der Waals surface area contributed by atoms with Crippen molar-refractivity contribution in [1.29, 1.82) is 5.26 Å². The summed E-state index contributed by atoms with van der Waals surface area (Å²) in [6, 6.07) is 7.32. The van der Waals surface area contributed by atoms with E-state index in [0.717, 1.165) is 22.2 Å². The molecule has 0 saturated heterocycles. The number of hydrogen-bond donors (Lipinski definition) is 2. The van der Waals surface area contributed by atoms with Crippen LogP contribution < -0.4 is 0 Å². The number of hydrogen-bond acceptors (Lipinski definition) is 3. The van der Waals surface area contributed by atoms with E-state index in [2.05, 4.69) is 4.98 Å². The molecule has 24 heavy (non-hydrogen) atoms. The molecule has 1 aromatic heterocycles. The minimum absolute atomic E-state index is 0.142. The molecule has 2 N–H and O–H groups in total. The Morgan fingerprint density at radius 2 is 2.17 bits per heavy atom. The smallest absolute Gasteiger partial charge is 0.195 e. The van der Waals surface area contributed by atoms with E-state index in [1.165, 1.54) is 6.08 Å². The molecule has 0 bridgehead atoms. The number of fused-ring (bicyclic) bond motifs is 3. The number of aliphatic hydroxyl groups is 1. The number of H-pyrrole nitrogens is 1. The number of nitrogens with one attached hydrogen (secondary N) is 1. The van der Waals surface area contributed by atoms with Crippen molar-refractivity contribution in [2.24, 2.45) is 0 Å². The fourth-order valence-electron chi connectivity index (χ4n) is 3.16. The molecule has 3 rings (SSSR count). The lowest BCUT2D eigenvalue weighted by Gasteiger charge is -2.32. The second kappa shape index (κ2) is 5.62. The van der Waals surface area contributed by atoms with Gasteiger partial charge in [-0.2, -0.15) is 5.26 Å². The molecule has 0 atom stereocenters. The number of halogens is 1. The van der Waals surface area contributed by atoms with Crippen LogP contribution in [-0.4, -0.2) is 22.5 Å². The predicted octanol–water partition coefficient (Wildman–Crippen LogP) is 4.05. The molecule has 0 unspecified atom stereocenters. The molecule has 1 aromatic carbocycles. The van der Waals surface area contributed by atoms with E-state index in [1.807, 2.05) is 32.9 Å². The number of allylic oxidation sites excluding steroid dienone is 3. The first kappa shape index (κ1) is 16.5. The van der Waals surface area contributed by atoms with Crippen molar-refractivity contribution in [2.45, 2.75) is 26.2 Å². The summed E-state index contributed by atoms with van der Waals surface area (Å²) in [7, 11) is 0. The van der Waals surface area contributed by atoms with Gasteiger partial charge in [0.25, 0.3) is 0 Å². The summed E-state index contributed by atoms with van der Waals surface area (Å²) in [5.74, 6) is -0.142. The summed E-state index contributed by atoms with van der Waals surface area (Å²) in [6.07, 6.45) is 1.50. The van der Waals surface area contributed by atoms with E-state index >= 15 is 0 Å². The zero-order chi connectivity index (χ0) is 17.6. The normalized spacial score (nSPS) is 17.2. The Labute approximate surface area is 145 Å². The van der Waals surface area contributed by atoms with Gasteiger partial charge in [-0.05, 0) is 25.1 Å². The highest BCUT2D eigenvalue weighted by atomic mass is 35.5. The number of benzene rings is 1. The molecule has 2 aromatic rings. The number of ketones is 1. The van der Waals surface area contributed by atoms with Crippen LogP contribution in [0.4, 0.5) is 0 Å². The third-order valence-electron chi connectivity index (χ3n) is 4.83. The van der Waals surface area contributed by atoms with Gasteiger partial charge in [0, 0.05) is 32.6 Å². The SMILES string of the molecule is CC1=C(/C=C(/C#N)CO)C(=O)c2c([nH]c3cc(Cl)ccc23)C1(C)C. The van der Waals surface area contributed by atoms with Crippen LogP contribution >= 0.6 is 11.6 Å². The lowest BCUT2D eigenvalue weighted by molar-refractivity contribution is 0.103. The van der Waals surface area contributed by atoms with Crippen LogP contribution in [0.25, 0.3) is 10.9 Å². The Kier molecular flexibility index (Phi) is 3.87. The Hall–Kier alpha value is -2.35. The van der Waals surface area contributed by atoms with Crippen molar-refractivity contribution < 1.29 is 9.90 Å². The van der Waals surface area contributed by atoms with Crippen molar-refractivity contribution >= 4 is 28.3 Å². The van der Waals surface area contributed by atoms with Crippen LogP contribution in [0, 0.1) is 11.3 Å². The average molecular weight is 341 g/mol. The van der Waals surface area contributed by atoms with Gasteiger partial charge >= 0.3 is 0 Å². The average Bonchev–Trinajstić information content (AvgIpc) is 2.93. The largest absolute Gasteiger partial charge is 0.391 e. The number of carbonyl (C=O) groups excluding carboxylic acids is 1. The van der Waals surface area contributed by atoms with Gasteiger partial charge in [0.15, 0.2) is 5.78 Å². The van der Waals surface area contributed by atoms with Gasteiger partial charge in [0.05, 0.1) is 23.8 Å². The van der Waals surface area contributed by atoms with E-state index in [1.54, 1.807) is 12.1 Å². The van der Waals surface area contributed by atoms with Gasteiger partial charge in [-0.3, -0.25) is 4.79 Å². The van der Waals surface area contributed by atoms with E-state index in [4.69, 9.17) is 16.9 Å². The zero-order valence-corrected chi connectivity index (χ0v) is 14.5. The molecule has 0 spiro atoms. The third kappa shape index (κ3) is 2.29. The standard InChI is InChI=1S/C19H17ClN2O2/c1-10-14(6-11(8-21)9-23)17(24)16-13-5-4-12(20)7-15(13)22-18(16)19(10,2)3/h4-7,22-23H,9H2,1-3H3/b11-6-. The molecule has 122 valence electrons. The second-order valence-corrected chi connectivity index (χ2v) is 6.93. The van der Waals surface area contributed by atoms with Gasteiger partial charge in [-0.15, -0.1) is 0 Å². The fraction of sp³-hybridized carbons (Fsp3) is 0.263. The lowest BCUT2D eigenvalue weighted by atomic mass is 9.71. The number of aromatic amines is 1. The predicted molar refractivity (Wildman–Crippen MR) is 94.1 cm³/mol. The Morgan fingerprint density at radius 3 is 2.79 bits per heavy atom. The molecule has 1 aliphatic carbocycles. The number of nitriles is 1. The van der Waals surface area contributed by atoms with E-state index in [-0.39, 0.29) is 11.4 Å². The number of carbonyl (C=O) groups is 1. The molecular weight excluding hydrogens is 324 g/mol. The molecule has 0 saturated carbocycles. The Balaban J connectivity index is 2.32. The maximum absolute atomic E-state index is 13.1. The van der Waals surface area contributed by atoms with Crippen molar-refractivity contribution in [3.05, 3.63) is 57.3 Å². The molecule has 0 radical (unpaired) electrons. The molecule has 1 heterocycles. The highest BCUT2D eigenvalue weighted by Crippen LogP contribution is 2.43. The van der Waals surface area contributed by atoms with Crippen LogP contribution in [-0.2, 0) is 5.41 Å². The maximum Gasteiger partial charge on any atom is 0.195 e. The molecular formula is C19H17ClN2O2. The van der Waals surface area contributed by atoms with Crippen LogP contribution in [0.15, 0.2) is 41.0 Å². The van der Waals surface area contributed by atoms with Crippen molar-refractivity contribution in [1.82, 2.24) is 4.98 Å². The van der Waals surface area contributed by atoms with Crippen molar-refractivity contribution in [2.75, 3.05) is 6.61 Å². The van der Waals surface area contributed by atoms with Crippen LogP contribution in [0.5, 0.6) is 0 Å². The minimum Gasteiger partial charge on any atom is -0.391 e. The molecule has 5 heteroatoms. The van der Waals surface area contributed by atoms with Gasteiger partial charge in [0.1, 0.15) is 0 Å². The highest BCUT2D eigenvalue weighted by Gasteiger charge is 2.38. The summed E-state index contributed by atoms with van der Waals surface area (Å²) in [6.45, 7) is 5.56. The summed E-state index contributed by atoms with van der Waals surface area (Å²) >= 11 is 6.06. The molecule has 4 nitrogen and oxygen atoms in total. The Bertz CT molecular complexity index is 971. The van der Waals surface area contributed by atoms with Crippen LogP contribution in [0.2, 0.25) is 5.02 Å². The number of aromatic nitrogens is 1. The summed E-state index contributed by atoms with van der Waals surface area (Å²) < 4.78 is 0. The number of rotatable bonds is 2. The van der Waals surface area contributed by atoms with Crippen LogP contribution in [0.1, 0.15) is 36.8 Å². The van der Waals surface area contributed by atoms with Gasteiger partial charge < -0.3 is 10.1 Å². The molecule has 1 aliphatic rings. The third-order valence-corrected chi connectivity index (χ3v) is 5.07. The van der Waals surface area contributed by atoms with Gasteiger partial charge in [0.2, 0.25) is 0 Å². The molecule has 0 fully saturated rings. The summed E-state index contributed by atoms with van der Waals surface area (Å²) in [4.78, 5) is 16.4. The van der Waals surface area contributed by atoms with E-state index < -0.39 is 12.0 Å². The summed E-state index contributed by atoms with van der Waals surface area (Å²) in [5.41, 5.74) is 3.36. The van der Waals surface area contributed by atoms with Gasteiger partial charge in [-0.25, -0.2) is 0 Å².